The number of nitrogens with zero attached hydrogens (tertiary/aromatic N) is 1. The summed E-state index contributed by atoms with van der Waals surface area (Å²) in [5.74, 6) is 2.48. The molecular weight excluding hydrogens is 380 g/mol. The van der Waals surface area contributed by atoms with Gasteiger partial charge in [0.2, 0.25) is 11.8 Å². The van der Waals surface area contributed by atoms with Crippen molar-refractivity contribution >= 4 is 17.8 Å². The Hall–Kier alpha value is -1.59. The average molecular weight is 417 g/mol. The molecule has 6 nitrogen and oxygen atoms in total. The molecule has 3 atom stereocenters. The molecule has 4 bridgehead atoms. The van der Waals surface area contributed by atoms with Gasteiger partial charge < -0.3 is 15.0 Å². The first-order chi connectivity index (χ1) is 14.5. The number of amides is 2. The molecular formula is C24H36N2O4. The van der Waals surface area contributed by atoms with Crippen molar-refractivity contribution < 1.29 is 19.1 Å². The zero-order valence-corrected chi connectivity index (χ0v) is 18.2. The number of rotatable bonds is 5. The highest BCUT2D eigenvalue weighted by Gasteiger charge is 2.54. The molecule has 0 radical (unpaired) electrons. The molecule has 6 fully saturated rings. The van der Waals surface area contributed by atoms with Crippen molar-refractivity contribution in [2.24, 2.45) is 29.1 Å². The number of nitrogens with one attached hydrogen (secondary N) is 1. The second-order valence-corrected chi connectivity index (χ2v) is 10.9. The maximum Gasteiger partial charge on any atom is 0.328 e. The average Bonchev–Trinajstić information content (AvgIpc) is 3.11. The maximum atomic E-state index is 13.1. The largest absolute Gasteiger partial charge is 0.467 e. The second-order valence-electron chi connectivity index (χ2n) is 10.9. The monoisotopic (exact) mass is 416 g/mol. The highest BCUT2D eigenvalue weighted by Crippen LogP contribution is 2.60. The van der Waals surface area contributed by atoms with Gasteiger partial charge in [0.1, 0.15) is 6.04 Å². The second kappa shape index (κ2) is 7.83. The Morgan fingerprint density at radius 2 is 1.60 bits per heavy atom. The Kier molecular flexibility index (Phi) is 5.30. The van der Waals surface area contributed by atoms with E-state index in [0.717, 1.165) is 62.7 Å². The van der Waals surface area contributed by atoms with Crippen LogP contribution in [-0.2, 0) is 19.1 Å². The summed E-state index contributed by atoms with van der Waals surface area (Å²) in [7, 11) is 1.40. The van der Waals surface area contributed by atoms with Gasteiger partial charge in [-0.3, -0.25) is 9.59 Å². The standard InChI is InChI=1S/C24H36N2O4/c1-30-22(28)20-11-18-4-2-3-5-19(18)26(20)21(27)6-7-25-23(29)24-12-15-8-16(13-24)10-17(9-15)14-24/h15-20H,2-14H2,1H3,(H,25,29). The van der Waals surface area contributed by atoms with E-state index in [2.05, 4.69) is 5.32 Å². The van der Waals surface area contributed by atoms with E-state index in [4.69, 9.17) is 4.74 Å². The Balaban J connectivity index is 1.19. The van der Waals surface area contributed by atoms with E-state index >= 15 is 0 Å². The number of likely N-dealkylation sites (tertiary alicyclic amines) is 1. The molecule has 0 aromatic carbocycles. The summed E-state index contributed by atoms with van der Waals surface area (Å²) in [6.45, 7) is 0.376. The normalized spacial score (nSPS) is 41.4. The highest BCUT2D eigenvalue weighted by atomic mass is 16.5. The zero-order valence-electron chi connectivity index (χ0n) is 18.2. The molecule has 1 heterocycles. The van der Waals surface area contributed by atoms with Crippen molar-refractivity contribution in [1.29, 1.82) is 0 Å². The van der Waals surface area contributed by atoms with Crippen molar-refractivity contribution in [2.45, 2.75) is 89.1 Å². The van der Waals surface area contributed by atoms with Crippen molar-refractivity contribution in [3.8, 4) is 0 Å². The molecule has 6 aliphatic rings. The van der Waals surface area contributed by atoms with Gasteiger partial charge in [-0.1, -0.05) is 12.8 Å². The van der Waals surface area contributed by atoms with Gasteiger partial charge in [0, 0.05) is 24.4 Å². The van der Waals surface area contributed by atoms with Crippen LogP contribution in [0, 0.1) is 29.1 Å². The highest BCUT2D eigenvalue weighted by molar-refractivity contribution is 5.87. The molecule has 6 rings (SSSR count). The molecule has 30 heavy (non-hydrogen) atoms. The molecule has 0 spiro atoms. The Labute approximate surface area is 179 Å². The third kappa shape index (κ3) is 3.44. The quantitative estimate of drug-likeness (QED) is 0.699. The van der Waals surface area contributed by atoms with E-state index in [1.165, 1.54) is 32.8 Å². The molecule has 1 N–H and O–H groups in total. The van der Waals surface area contributed by atoms with Gasteiger partial charge in [0.15, 0.2) is 0 Å². The number of esters is 1. The van der Waals surface area contributed by atoms with Gasteiger partial charge in [-0.15, -0.1) is 0 Å². The fraction of sp³-hybridized carbons (Fsp3) is 0.875. The van der Waals surface area contributed by atoms with Crippen molar-refractivity contribution in [1.82, 2.24) is 10.2 Å². The molecule has 2 amide bonds. The van der Waals surface area contributed by atoms with E-state index in [1.54, 1.807) is 0 Å². The summed E-state index contributed by atoms with van der Waals surface area (Å²) in [5.41, 5.74) is -0.172. The van der Waals surface area contributed by atoms with Gasteiger partial charge in [-0.05, 0) is 81.5 Å². The lowest BCUT2D eigenvalue weighted by atomic mass is 9.49. The number of hydrogen-bond donors (Lipinski definition) is 1. The zero-order chi connectivity index (χ0) is 20.9. The summed E-state index contributed by atoms with van der Waals surface area (Å²) in [4.78, 5) is 40.4. The first-order valence-electron chi connectivity index (χ1n) is 12.2. The number of carbonyl (C=O) groups excluding carboxylic acids is 3. The Morgan fingerprint density at radius 1 is 0.967 bits per heavy atom. The third-order valence-electron chi connectivity index (χ3n) is 8.99. The molecule has 1 saturated heterocycles. The number of fused-ring (bicyclic) bond motifs is 1. The van der Waals surface area contributed by atoms with Gasteiger partial charge in [-0.25, -0.2) is 4.79 Å². The lowest BCUT2D eigenvalue weighted by Gasteiger charge is -2.55. The summed E-state index contributed by atoms with van der Waals surface area (Å²) in [6, 6.07) is -0.288. The molecule has 3 unspecified atom stereocenters. The van der Waals surface area contributed by atoms with Crippen LogP contribution in [0.4, 0.5) is 0 Å². The minimum Gasteiger partial charge on any atom is -0.467 e. The van der Waals surface area contributed by atoms with E-state index in [9.17, 15) is 14.4 Å². The van der Waals surface area contributed by atoms with E-state index in [1.807, 2.05) is 4.90 Å². The van der Waals surface area contributed by atoms with Crippen molar-refractivity contribution in [3.05, 3.63) is 0 Å². The molecule has 0 aromatic rings. The maximum absolute atomic E-state index is 13.1. The number of ether oxygens (including phenoxy) is 1. The summed E-state index contributed by atoms with van der Waals surface area (Å²) >= 11 is 0. The fourth-order valence-corrected chi connectivity index (χ4v) is 8.15. The topological polar surface area (TPSA) is 75.7 Å². The summed E-state index contributed by atoms with van der Waals surface area (Å²) in [6.07, 6.45) is 12.4. The van der Waals surface area contributed by atoms with Crippen LogP contribution in [-0.4, -0.2) is 48.4 Å². The predicted molar refractivity (Wildman–Crippen MR) is 111 cm³/mol. The molecule has 5 saturated carbocycles. The van der Waals surface area contributed by atoms with Gasteiger partial charge >= 0.3 is 5.97 Å². The van der Waals surface area contributed by atoms with Crippen LogP contribution in [0.3, 0.4) is 0 Å². The van der Waals surface area contributed by atoms with Crippen molar-refractivity contribution in [2.75, 3.05) is 13.7 Å². The minimum atomic E-state index is -0.450. The minimum absolute atomic E-state index is 0.00869. The van der Waals surface area contributed by atoms with Gasteiger partial charge in [0.05, 0.1) is 7.11 Å². The van der Waals surface area contributed by atoms with Crippen LogP contribution < -0.4 is 5.32 Å². The number of carbonyl (C=O) groups is 3. The van der Waals surface area contributed by atoms with Gasteiger partial charge in [0.25, 0.3) is 0 Å². The van der Waals surface area contributed by atoms with Crippen LogP contribution in [0.25, 0.3) is 0 Å². The molecule has 1 aliphatic heterocycles. The smallest absolute Gasteiger partial charge is 0.328 e. The van der Waals surface area contributed by atoms with Gasteiger partial charge in [-0.2, -0.15) is 0 Å². The lowest BCUT2D eigenvalue weighted by Crippen LogP contribution is -2.54. The van der Waals surface area contributed by atoms with Crippen molar-refractivity contribution in [3.63, 3.8) is 0 Å². The number of hydrogen-bond acceptors (Lipinski definition) is 4. The Bertz CT molecular complexity index is 685. The predicted octanol–water partition coefficient (Wildman–Crippen LogP) is 3.04. The molecule has 6 heteroatoms. The molecule has 166 valence electrons. The Morgan fingerprint density at radius 3 is 2.23 bits per heavy atom. The first-order valence-corrected chi connectivity index (χ1v) is 12.2. The lowest BCUT2D eigenvalue weighted by molar-refractivity contribution is -0.152. The SMILES string of the molecule is COC(=O)C1CC2CCCCC2N1C(=O)CCNC(=O)C12CC3CC(CC(C3)C1)C2. The summed E-state index contributed by atoms with van der Waals surface area (Å²) in [5, 5.41) is 3.12. The number of methoxy groups -OCH3 is 1. The molecule has 5 aliphatic carbocycles. The van der Waals surface area contributed by atoms with Crippen LogP contribution in [0.5, 0.6) is 0 Å². The summed E-state index contributed by atoms with van der Waals surface area (Å²) < 4.78 is 5.00. The van der Waals surface area contributed by atoms with Crippen LogP contribution in [0.15, 0.2) is 0 Å². The van der Waals surface area contributed by atoms with Crippen LogP contribution in [0.1, 0.15) is 77.0 Å². The van der Waals surface area contributed by atoms with E-state index in [0.29, 0.717) is 12.5 Å². The van der Waals surface area contributed by atoms with Crippen LogP contribution in [0.2, 0.25) is 0 Å². The molecule has 0 aromatic heterocycles. The fourth-order valence-electron chi connectivity index (χ4n) is 8.15. The third-order valence-corrected chi connectivity index (χ3v) is 8.99. The van der Waals surface area contributed by atoms with E-state index < -0.39 is 6.04 Å². The van der Waals surface area contributed by atoms with Crippen LogP contribution >= 0.6 is 0 Å². The first kappa shape index (κ1) is 20.3. The van der Waals surface area contributed by atoms with E-state index in [-0.39, 0.29) is 35.7 Å².